The van der Waals surface area contributed by atoms with Crippen LogP contribution in [-0.4, -0.2) is 35.8 Å². The van der Waals surface area contributed by atoms with Gasteiger partial charge in [-0.2, -0.15) is 26.3 Å². The van der Waals surface area contributed by atoms with E-state index in [4.69, 9.17) is 4.74 Å². The molecule has 38 heavy (non-hydrogen) atoms. The van der Waals surface area contributed by atoms with Crippen molar-refractivity contribution in [1.29, 1.82) is 0 Å². The molecule has 0 aliphatic heterocycles. The summed E-state index contributed by atoms with van der Waals surface area (Å²) in [7, 11) is 0. The molecule has 1 aliphatic rings. The Labute approximate surface area is 217 Å². The zero-order valence-corrected chi connectivity index (χ0v) is 21.3. The number of hydrogen-bond donors (Lipinski definition) is 3. The van der Waals surface area contributed by atoms with Gasteiger partial charge in [0.05, 0.1) is 29.4 Å². The van der Waals surface area contributed by atoms with E-state index in [1.165, 1.54) is 6.92 Å². The SMILES string of the molecule is CCC(O)(CN[C@](C)(CO[C@H](C)c1cc(C(F)(F)F)cc(C(F)(F)F)c1)c1ccccc1)C(=O)NC1CC1. The quantitative estimate of drug-likeness (QED) is 0.315. The highest BCUT2D eigenvalue weighted by Gasteiger charge is 2.40. The smallest absolute Gasteiger partial charge is 0.379 e. The Morgan fingerprint density at radius 1 is 1.00 bits per heavy atom. The van der Waals surface area contributed by atoms with Crippen LogP contribution in [0.3, 0.4) is 0 Å². The molecule has 5 nitrogen and oxygen atoms in total. The summed E-state index contributed by atoms with van der Waals surface area (Å²) < 4.78 is 85.7. The molecule has 3 rings (SSSR count). The fraction of sp³-hybridized carbons (Fsp3) is 0.519. The second-order valence-corrected chi connectivity index (χ2v) is 9.98. The number of alkyl halides is 6. The Hall–Kier alpha value is -2.63. The summed E-state index contributed by atoms with van der Waals surface area (Å²) in [5, 5.41) is 17.0. The number of carbonyl (C=O) groups is 1. The molecule has 3 N–H and O–H groups in total. The van der Waals surface area contributed by atoms with Crippen LogP contribution >= 0.6 is 0 Å². The van der Waals surface area contributed by atoms with E-state index in [9.17, 15) is 36.2 Å². The normalized spacial score (nSPS) is 18.4. The van der Waals surface area contributed by atoms with E-state index in [0.29, 0.717) is 17.7 Å². The third kappa shape index (κ3) is 7.48. The minimum absolute atomic E-state index is 0.0410. The molecule has 11 heteroatoms. The zero-order chi connectivity index (χ0) is 28.4. The van der Waals surface area contributed by atoms with Crippen LogP contribution in [0.4, 0.5) is 26.3 Å². The second kappa shape index (κ2) is 11.2. The molecule has 2 aromatic rings. The van der Waals surface area contributed by atoms with Crippen molar-refractivity contribution in [3.05, 3.63) is 70.8 Å². The van der Waals surface area contributed by atoms with Gasteiger partial charge in [0.15, 0.2) is 5.60 Å². The lowest BCUT2D eigenvalue weighted by atomic mass is 9.90. The summed E-state index contributed by atoms with van der Waals surface area (Å²) in [4.78, 5) is 12.7. The third-order valence-corrected chi connectivity index (χ3v) is 6.80. The minimum Gasteiger partial charge on any atom is -0.379 e. The lowest BCUT2D eigenvalue weighted by Crippen LogP contribution is -2.57. The van der Waals surface area contributed by atoms with Gasteiger partial charge in [-0.25, -0.2) is 0 Å². The number of hydrogen-bond acceptors (Lipinski definition) is 4. The fourth-order valence-corrected chi connectivity index (χ4v) is 3.90. The molecule has 210 valence electrons. The van der Waals surface area contributed by atoms with Gasteiger partial charge < -0.3 is 20.5 Å². The molecule has 0 saturated heterocycles. The van der Waals surface area contributed by atoms with Crippen LogP contribution in [0.1, 0.15) is 68.4 Å². The van der Waals surface area contributed by atoms with Crippen LogP contribution in [0.2, 0.25) is 0 Å². The lowest BCUT2D eigenvalue weighted by Gasteiger charge is -2.36. The highest BCUT2D eigenvalue weighted by molar-refractivity contribution is 5.85. The van der Waals surface area contributed by atoms with Gasteiger partial charge in [-0.3, -0.25) is 4.79 Å². The molecule has 2 aromatic carbocycles. The van der Waals surface area contributed by atoms with E-state index in [1.807, 2.05) is 0 Å². The van der Waals surface area contributed by atoms with E-state index in [0.717, 1.165) is 12.8 Å². The molecular weight excluding hydrogens is 514 g/mol. The summed E-state index contributed by atoms with van der Waals surface area (Å²) in [5.41, 5.74) is -5.21. The first kappa shape index (κ1) is 29.9. The Balaban J connectivity index is 1.83. The maximum absolute atomic E-state index is 13.3. The third-order valence-electron chi connectivity index (χ3n) is 6.80. The van der Waals surface area contributed by atoms with Crippen LogP contribution < -0.4 is 10.6 Å². The van der Waals surface area contributed by atoms with Crippen molar-refractivity contribution in [3.63, 3.8) is 0 Å². The van der Waals surface area contributed by atoms with Crippen molar-refractivity contribution in [3.8, 4) is 0 Å². The molecule has 0 bridgehead atoms. The Bertz CT molecular complexity index is 1070. The summed E-state index contributed by atoms with van der Waals surface area (Å²) in [6.07, 6.45) is -9.27. The number of halogens is 6. The first-order valence-corrected chi connectivity index (χ1v) is 12.3. The van der Waals surface area contributed by atoms with Gasteiger partial charge in [-0.15, -0.1) is 0 Å². The number of amides is 1. The van der Waals surface area contributed by atoms with Gasteiger partial charge >= 0.3 is 12.4 Å². The molecule has 3 atom stereocenters. The minimum atomic E-state index is -4.97. The molecule has 1 unspecified atom stereocenters. The summed E-state index contributed by atoms with van der Waals surface area (Å²) >= 11 is 0. The number of carbonyl (C=O) groups excluding carboxylic acids is 1. The van der Waals surface area contributed by atoms with Gasteiger partial charge in [-0.1, -0.05) is 37.3 Å². The van der Waals surface area contributed by atoms with E-state index in [-0.39, 0.29) is 37.2 Å². The van der Waals surface area contributed by atoms with Crippen LogP contribution in [0.15, 0.2) is 48.5 Å². The zero-order valence-electron chi connectivity index (χ0n) is 21.3. The maximum Gasteiger partial charge on any atom is 0.416 e. The molecular formula is C27H32F6N2O3. The molecule has 1 aliphatic carbocycles. The van der Waals surface area contributed by atoms with Crippen molar-refractivity contribution in [1.82, 2.24) is 10.6 Å². The molecule has 1 amide bonds. The average molecular weight is 547 g/mol. The van der Waals surface area contributed by atoms with E-state index >= 15 is 0 Å². The topological polar surface area (TPSA) is 70.6 Å². The highest BCUT2D eigenvalue weighted by Crippen LogP contribution is 2.38. The van der Waals surface area contributed by atoms with E-state index < -0.39 is 46.6 Å². The standard InChI is InChI=1S/C27H32F6N2O3/c1-4-25(37,23(36)35-22-10-11-22)15-34-24(3,19-8-6-5-7-9-19)16-38-17(2)18-12-20(26(28,29)30)14-21(13-18)27(31,32)33/h5-9,12-14,17,22,34,37H,4,10-11,15-16H2,1-3H3,(H,35,36)/t17-,24-,25?/m1/s1. The predicted octanol–water partition coefficient (Wildman–Crippen LogP) is 5.73. The molecule has 0 aromatic heterocycles. The highest BCUT2D eigenvalue weighted by atomic mass is 19.4. The first-order chi connectivity index (χ1) is 17.6. The summed E-state index contributed by atoms with van der Waals surface area (Å²) in [5.74, 6) is -0.511. The number of aliphatic hydroxyl groups is 1. The molecule has 0 spiro atoms. The summed E-state index contributed by atoms with van der Waals surface area (Å²) in [6, 6.07) is 10.2. The van der Waals surface area contributed by atoms with Crippen molar-refractivity contribution < 1.29 is 41.0 Å². The second-order valence-electron chi connectivity index (χ2n) is 9.98. The number of rotatable bonds is 11. The van der Waals surface area contributed by atoms with Gasteiger partial charge in [0.1, 0.15) is 0 Å². The summed E-state index contributed by atoms with van der Waals surface area (Å²) in [6.45, 7) is 4.41. The van der Waals surface area contributed by atoms with E-state index in [2.05, 4.69) is 10.6 Å². The number of benzene rings is 2. The van der Waals surface area contributed by atoms with Crippen LogP contribution in [0.5, 0.6) is 0 Å². The number of ether oxygens (including phenoxy) is 1. The Morgan fingerprint density at radius 2 is 1.55 bits per heavy atom. The van der Waals surface area contributed by atoms with E-state index in [1.54, 1.807) is 44.2 Å². The van der Waals surface area contributed by atoms with Gasteiger partial charge in [-0.05, 0) is 62.4 Å². The van der Waals surface area contributed by atoms with Crippen LogP contribution in [-0.2, 0) is 27.4 Å². The molecule has 1 saturated carbocycles. The first-order valence-electron chi connectivity index (χ1n) is 12.3. The average Bonchev–Trinajstić information content (AvgIpc) is 3.69. The van der Waals surface area contributed by atoms with Gasteiger partial charge in [0.2, 0.25) is 0 Å². The fourth-order valence-electron chi connectivity index (χ4n) is 3.90. The predicted molar refractivity (Wildman–Crippen MR) is 129 cm³/mol. The lowest BCUT2D eigenvalue weighted by molar-refractivity contribution is -0.143. The molecule has 1 fully saturated rings. The van der Waals surface area contributed by atoms with Crippen LogP contribution in [0, 0.1) is 0 Å². The molecule has 0 radical (unpaired) electrons. The monoisotopic (exact) mass is 546 g/mol. The van der Waals surface area contributed by atoms with Crippen molar-refractivity contribution in [2.45, 2.75) is 75.7 Å². The molecule has 0 heterocycles. The largest absolute Gasteiger partial charge is 0.416 e. The van der Waals surface area contributed by atoms with Gasteiger partial charge in [0, 0.05) is 12.6 Å². The Morgan fingerprint density at radius 3 is 2.03 bits per heavy atom. The van der Waals surface area contributed by atoms with Crippen molar-refractivity contribution in [2.24, 2.45) is 0 Å². The maximum atomic E-state index is 13.3. The van der Waals surface area contributed by atoms with Gasteiger partial charge in [0.25, 0.3) is 5.91 Å². The van der Waals surface area contributed by atoms with Crippen molar-refractivity contribution >= 4 is 5.91 Å². The number of nitrogens with one attached hydrogen (secondary N) is 2. The van der Waals surface area contributed by atoms with Crippen molar-refractivity contribution in [2.75, 3.05) is 13.2 Å². The van der Waals surface area contributed by atoms with Crippen LogP contribution in [0.25, 0.3) is 0 Å². The Kier molecular flexibility index (Phi) is 8.84.